The van der Waals surface area contributed by atoms with Crippen molar-refractivity contribution in [2.75, 3.05) is 6.54 Å². The van der Waals surface area contributed by atoms with Crippen molar-refractivity contribution in [3.63, 3.8) is 0 Å². The zero-order chi connectivity index (χ0) is 14.0. The monoisotopic (exact) mass is 280 g/mol. The van der Waals surface area contributed by atoms with E-state index in [0.29, 0.717) is 18.4 Å². The molecule has 0 atom stereocenters. The fourth-order valence-electron chi connectivity index (χ4n) is 1.74. The van der Waals surface area contributed by atoms with Crippen molar-refractivity contribution >= 4 is 16.0 Å². The Morgan fingerprint density at radius 3 is 2.37 bits per heavy atom. The fourth-order valence-corrected chi connectivity index (χ4v) is 3.38. The van der Waals surface area contributed by atoms with Gasteiger partial charge in [0.1, 0.15) is 6.54 Å². The van der Waals surface area contributed by atoms with Crippen LogP contribution in [0.15, 0.2) is 29.2 Å². The number of carboxylic acid groups (broad SMARTS) is 1. The molecule has 0 spiro atoms. The number of hydrogen-bond donors (Lipinski definition) is 1. The molecule has 1 aromatic rings. The molecule has 100 valence electrons. The van der Waals surface area contributed by atoms with Crippen molar-refractivity contribution in [1.82, 2.24) is 4.31 Å². The second kappa shape index (κ2) is 4.99. The highest BCUT2D eigenvalue weighted by Gasteiger charge is 2.39. The van der Waals surface area contributed by atoms with Gasteiger partial charge in [0.05, 0.1) is 16.5 Å². The molecule has 7 heteroatoms. The van der Waals surface area contributed by atoms with Crippen LogP contribution >= 0.6 is 0 Å². The molecule has 0 saturated heterocycles. The van der Waals surface area contributed by atoms with Crippen molar-refractivity contribution in [3.05, 3.63) is 29.8 Å². The summed E-state index contributed by atoms with van der Waals surface area (Å²) in [5, 5.41) is 17.5. The van der Waals surface area contributed by atoms with Gasteiger partial charge in [0, 0.05) is 6.04 Å². The highest BCUT2D eigenvalue weighted by molar-refractivity contribution is 7.89. The van der Waals surface area contributed by atoms with E-state index >= 15 is 0 Å². The molecule has 2 rings (SSSR count). The molecule has 0 aliphatic heterocycles. The molecule has 1 aromatic carbocycles. The number of hydrogen-bond acceptors (Lipinski definition) is 4. The minimum atomic E-state index is -3.81. The first-order chi connectivity index (χ1) is 8.95. The van der Waals surface area contributed by atoms with Crippen LogP contribution in [0.2, 0.25) is 0 Å². The number of benzene rings is 1. The lowest BCUT2D eigenvalue weighted by Crippen LogP contribution is -2.37. The molecule has 0 unspecified atom stereocenters. The van der Waals surface area contributed by atoms with E-state index < -0.39 is 22.5 Å². The molecule has 1 N–H and O–H groups in total. The molecule has 19 heavy (non-hydrogen) atoms. The van der Waals surface area contributed by atoms with Gasteiger partial charge in [-0.1, -0.05) is 0 Å². The summed E-state index contributed by atoms with van der Waals surface area (Å²) < 4.78 is 25.7. The quantitative estimate of drug-likeness (QED) is 0.860. The fraction of sp³-hybridized carbons (Fsp3) is 0.333. The van der Waals surface area contributed by atoms with Gasteiger partial charge in [-0.15, -0.1) is 0 Å². The molecule has 1 fully saturated rings. The van der Waals surface area contributed by atoms with E-state index in [1.165, 1.54) is 24.3 Å². The Balaban J connectivity index is 2.33. The Bertz CT molecular complexity index is 627. The molecule has 0 bridgehead atoms. The van der Waals surface area contributed by atoms with Crippen LogP contribution in [0.3, 0.4) is 0 Å². The Hall–Kier alpha value is -1.91. The smallest absolute Gasteiger partial charge is 0.318 e. The van der Waals surface area contributed by atoms with Gasteiger partial charge in [0.15, 0.2) is 0 Å². The summed E-state index contributed by atoms with van der Waals surface area (Å²) in [6.07, 6.45) is 1.37. The maximum Gasteiger partial charge on any atom is 0.318 e. The second-order valence-electron chi connectivity index (χ2n) is 4.31. The summed E-state index contributed by atoms with van der Waals surface area (Å²) in [5.74, 6) is -1.18. The summed E-state index contributed by atoms with van der Waals surface area (Å²) in [6, 6.07) is 7.13. The Labute approximate surface area is 110 Å². The van der Waals surface area contributed by atoms with E-state index in [1.54, 1.807) is 0 Å². The van der Waals surface area contributed by atoms with Crippen molar-refractivity contribution < 1.29 is 18.3 Å². The van der Waals surface area contributed by atoms with Crippen LogP contribution in [0.1, 0.15) is 18.4 Å². The number of nitrogens with zero attached hydrogens (tertiary/aromatic N) is 2. The van der Waals surface area contributed by atoms with Crippen LogP contribution in [-0.2, 0) is 14.8 Å². The van der Waals surface area contributed by atoms with Crippen LogP contribution < -0.4 is 0 Å². The highest BCUT2D eigenvalue weighted by Crippen LogP contribution is 2.31. The molecule has 1 saturated carbocycles. The van der Waals surface area contributed by atoms with Crippen LogP contribution in [0.4, 0.5) is 0 Å². The lowest BCUT2D eigenvalue weighted by molar-refractivity contribution is -0.137. The summed E-state index contributed by atoms with van der Waals surface area (Å²) >= 11 is 0. The average molecular weight is 280 g/mol. The lowest BCUT2D eigenvalue weighted by atomic mass is 10.2. The van der Waals surface area contributed by atoms with Crippen molar-refractivity contribution in [2.45, 2.75) is 23.8 Å². The standard InChI is InChI=1S/C12H12N2O4S/c13-7-9-1-5-11(6-2-9)19(17,18)14(8-12(15)16)10-3-4-10/h1-2,5-6,10H,3-4,8H2,(H,15,16). The minimum absolute atomic E-state index is 0.0136. The van der Waals surface area contributed by atoms with Gasteiger partial charge in [-0.2, -0.15) is 9.57 Å². The van der Waals surface area contributed by atoms with Crippen LogP contribution in [0.25, 0.3) is 0 Å². The van der Waals surface area contributed by atoms with Crippen LogP contribution in [-0.4, -0.2) is 36.4 Å². The lowest BCUT2D eigenvalue weighted by Gasteiger charge is -2.19. The van der Waals surface area contributed by atoms with Crippen molar-refractivity contribution in [1.29, 1.82) is 5.26 Å². The Morgan fingerprint density at radius 1 is 1.37 bits per heavy atom. The topological polar surface area (TPSA) is 98.5 Å². The van der Waals surface area contributed by atoms with Crippen LogP contribution in [0.5, 0.6) is 0 Å². The predicted molar refractivity (Wildman–Crippen MR) is 65.7 cm³/mol. The Kier molecular flexibility index (Phi) is 3.55. The summed E-state index contributed by atoms with van der Waals surface area (Å²) in [7, 11) is -3.81. The molecule has 1 aliphatic rings. The molecule has 0 aromatic heterocycles. The highest BCUT2D eigenvalue weighted by atomic mass is 32.2. The van der Waals surface area contributed by atoms with E-state index in [1.807, 2.05) is 6.07 Å². The third kappa shape index (κ3) is 2.92. The normalized spacial score (nSPS) is 15.2. The number of carbonyl (C=O) groups is 1. The van der Waals surface area contributed by atoms with Gasteiger partial charge in [-0.25, -0.2) is 8.42 Å². The van der Waals surface area contributed by atoms with Gasteiger partial charge in [0.2, 0.25) is 10.0 Å². The maximum absolute atomic E-state index is 12.3. The van der Waals surface area contributed by atoms with Gasteiger partial charge in [-0.3, -0.25) is 4.79 Å². The maximum atomic E-state index is 12.3. The first kappa shape index (κ1) is 13.5. The predicted octanol–water partition coefficient (Wildman–Crippen LogP) is 0.796. The first-order valence-electron chi connectivity index (χ1n) is 5.69. The van der Waals surface area contributed by atoms with E-state index in [9.17, 15) is 13.2 Å². The SMILES string of the molecule is N#Cc1ccc(S(=O)(=O)N(CC(=O)O)C2CC2)cc1. The molecule has 0 radical (unpaired) electrons. The van der Waals surface area contributed by atoms with Gasteiger partial charge in [-0.05, 0) is 37.1 Å². The number of rotatable bonds is 5. The first-order valence-corrected chi connectivity index (χ1v) is 7.13. The minimum Gasteiger partial charge on any atom is -0.480 e. The molecule has 0 amide bonds. The number of sulfonamides is 1. The van der Waals surface area contributed by atoms with Gasteiger partial charge < -0.3 is 5.11 Å². The van der Waals surface area contributed by atoms with E-state index in [4.69, 9.17) is 10.4 Å². The summed E-state index contributed by atoms with van der Waals surface area (Å²) in [4.78, 5) is 10.8. The number of nitriles is 1. The van der Waals surface area contributed by atoms with E-state index in [2.05, 4.69) is 0 Å². The van der Waals surface area contributed by atoms with Crippen molar-refractivity contribution in [3.8, 4) is 6.07 Å². The summed E-state index contributed by atoms with van der Waals surface area (Å²) in [6.45, 7) is -0.535. The molecular formula is C12H12N2O4S. The molecular weight excluding hydrogens is 268 g/mol. The largest absolute Gasteiger partial charge is 0.480 e. The summed E-state index contributed by atoms with van der Waals surface area (Å²) in [5.41, 5.74) is 0.357. The number of aliphatic carboxylic acids is 1. The second-order valence-corrected chi connectivity index (χ2v) is 6.20. The zero-order valence-electron chi connectivity index (χ0n) is 9.98. The Morgan fingerprint density at radius 2 is 1.95 bits per heavy atom. The number of carboxylic acids is 1. The molecule has 0 heterocycles. The van der Waals surface area contributed by atoms with E-state index in [-0.39, 0.29) is 10.9 Å². The average Bonchev–Trinajstić information content (AvgIpc) is 3.20. The zero-order valence-corrected chi connectivity index (χ0v) is 10.8. The van der Waals surface area contributed by atoms with Crippen LogP contribution in [0, 0.1) is 11.3 Å². The third-order valence-corrected chi connectivity index (χ3v) is 4.75. The van der Waals surface area contributed by atoms with Gasteiger partial charge in [0.25, 0.3) is 0 Å². The molecule has 6 nitrogen and oxygen atoms in total. The van der Waals surface area contributed by atoms with E-state index in [0.717, 1.165) is 4.31 Å². The third-order valence-electron chi connectivity index (χ3n) is 2.84. The van der Waals surface area contributed by atoms with Gasteiger partial charge >= 0.3 is 5.97 Å². The van der Waals surface area contributed by atoms with Crippen molar-refractivity contribution in [2.24, 2.45) is 0 Å². The molecule has 1 aliphatic carbocycles.